The van der Waals surface area contributed by atoms with Gasteiger partial charge >= 0.3 is 0 Å². The van der Waals surface area contributed by atoms with Gasteiger partial charge < -0.3 is 15.5 Å². The average Bonchev–Trinajstić information content (AvgIpc) is 2.41. The van der Waals surface area contributed by atoms with Gasteiger partial charge in [-0.15, -0.1) is 0 Å². The SMILES string of the molecule is CN(C)CCNc1cc(Nc2ccccc2Cl)ncn1. The molecule has 0 unspecified atom stereocenters. The summed E-state index contributed by atoms with van der Waals surface area (Å²) < 4.78 is 0. The van der Waals surface area contributed by atoms with E-state index < -0.39 is 0 Å². The molecule has 0 bridgehead atoms. The molecule has 1 aromatic heterocycles. The van der Waals surface area contributed by atoms with E-state index in [4.69, 9.17) is 11.6 Å². The van der Waals surface area contributed by atoms with E-state index in [-0.39, 0.29) is 0 Å². The van der Waals surface area contributed by atoms with E-state index in [9.17, 15) is 0 Å². The standard InChI is InChI=1S/C14H18ClN5/c1-20(2)8-7-16-13-9-14(18-10-17-13)19-12-6-4-3-5-11(12)15/h3-6,9-10H,7-8H2,1-2H3,(H2,16,17,18,19). The maximum Gasteiger partial charge on any atom is 0.135 e. The van der Waals surface area contributed by atoms with Gasteiger partial charge in [0.05, 0.1) is 10.7 Å². The second-order valence-electron chi connectivity index (χ2n) is 4.62. The number of para-hydroxylation sites is 1. The van der Waals surface area contributed by atoms with Gasteiger partial charge in [-0.3, -0.25) is 0 Å². The fraction of sp³-hybridized carbons (Fsp3) is 0.286. The van der Waals surface area contributed by atoms with Gasteiger partial charge in [0.1, 0.15) is 18.0 Å². The summed E-state index contributed by atoms with van der Waals surface area (Å²) in [5.41, 5.74) is 0.826. The predicted octanol–water partition coefficient (Wildman–Crippen LogP) is 2.85. The summed E-state index contributed by atoms with van der Waals surface area (Å²) in [6, 6.07) is 9.41. The van der Waals surface area contributed by atoms with Crippen molar-refractivity contribution in [3.8, 4) is 0 Å². The molecule has 0 aliphatic heterocycles. The summed E-state index contributed by atoms with van der Waals surface area (Å²) in [6.45, 7) is 1.77. The van der Waals surface area contributed by atoms with Crippen LogP contribution in [0.5, 0.6) is 0 Å². The smallest absolute Gasteiger partial charge is 0.135 e. The highest BCUT2D eigenvalue weighted by Crippen LogP contribution is 2.24. The Morgan fingerprint density at radius 2 is 1.90 bits per heavy atom. The fourth-order valence-corrected chi connectivity index (χ4v) is 1.81. The van der Waals surface area contributed by atoms with E-state index in [0.29, 0.717) is 10.8 Å². The zero-order valence-electron chi connectivity index (χ0n) is 11.6. The highest BCUT2D eigenvalue weighted by molar-refractivity contribution is 6.33. The van der Waals surface area contributed by atoms with Crippen molar-refractivity contribution < 1.29 is 0 Å². The lowest BCUT2D eigenvalue weighted by Crippen LogP contribution is -2.21. The Morgan fingerprint density at radius 1 is 1.15 bits per heavy atom. The minimum Gasteiger partial charge on any atom is -0.369 e. The Kier molecular flexibility index (Phi) is 5.15. The molecule has 1 aromatic carbocycles. The second kappa shape index (κ2) is 7.07. The summed E-state index contributed by atoms with van der Waals surface area (Å²) in [6.07, 6.45) is 1.52. The first-order chi connectivity index (χ1) is 9.65. The summed E-state index contributed by atoms with van der Waals surface area (Å²) in [4.78, 5) is 10.5. The molecule has 106 valence electrons. The van der Waals surface area contributed by atoms with Crippen molar-refractivity contribution in [3.05, 3.63) is 41.7 Å². The minimum atomic E-state index is 0.660. The zero-order valence-corrected chi connectivity index (χ0v) is 12.4. The van der Waals surface area contributed by atoms with Crippen molar-refractivity contribution in [2.24, 2.45) is 0 Å². The van der Waals surface area contributed by atoms with E-state index in [1.165, 1.54) is 6.33 Å². The van der Waals surface area contributed by atoms with Crippen LogP contribution in [0.15, 0.2) is 36.7 Å². The van der Waals surface area contributed by atoms with Crippen LogP contribution in [0.3, 0.4) is 0 Å². The molecular weight excluding hydrogens is 274 g/mol. The normalized spacial score (nSPS) is 10.6. The highest BCUT2D eigenvalue weighted by atomic mass is 35.5. The van der Waals surface area contributed by atoms with Gasteiger partial charge in [0, 0.05) is 19.2 Å². The molecule has 5 nitrogen and oxygen atoms in total. The van der Waals surface area contributed by atoms with Crippen LogP contribution in [-0.4, -0.2) is 42.1 Å². The van der Waals surface area contributed by atoms with Crippen LogP contribution in [0.1, 0.15) is 0 Å². The Hall–Kier alpha value is -1.85. The summed E-state index contributed by atoms with van der Waals surface area (Å²) in [5.74, 6) is 1.50. The molecule has 2 aromatic rings. The third kappa shape index (κ3) is 4.36. The fourth-order valence-electron chi connectivity index (χ4n) is 1.63. The first-order valence-corrected chi connectivity index (χ1v) is 6.75. The number of benzene rings is 1. The maximum atomic E-state index is 6.11. The van der Waals surface area contributed by atoms with Gasteiger partial charge in [-0.2, -0.15) is 0 Å². The van der Waals surface area contributed by atoms with Gasteiger partial charge in [0.15, 0.2) is 0 Å². The van der Waals surface area contributed by atoms with Crippen LogP contribution < -0.4 is 10.6 Å². The van der Waals surface area contributed by atoms with Crippen molar-refractivity contribution in [3.63, 3.8) is 0 Å². The van der Waals surface area contributed by atoms with Crippen LogP contribution in [0.25, 0.3) is 0 Å². The summed E-state index contributed by atoms with van der Waals surface area (Å²) in [5, 5.41) is 7.09. The van der Waals surface area contributed by atoms with Gasteiger partial charge in [-0.05, 0) is 26.2 Å². The second-order valence-corrected chi connectivity index (χ2v) is 5.03. The first-order valence-electron chi connectivity index (χ1n) is 6.37. The number of anilines is 3. The Bertz CT molecular complexity index is 559. The molecule has 0 aliphatic rings. The number of rotatable bonds is 6. The molecule has 1 heterocycles. The Morgan fingerprint density at radius 3 is 2.65 bits per heavy atom. The number of nitrogens with one attached hydrogen (secondary N) is 2. The molecule has 6 heteroatoms. The zero-order chi connectivity index (χ0) is 14.4. The third-order valence-electron chi connectivity index (χ3n) is 2.67. The number of nitrogens with zero attached hydrogens (tertiary/aromatic N) is 3. The van der Waals surface area contributed by atoms with E-state index >= 15 is 0 Å². The summed E-state index contributed by atoms with van der Waals surface area (Å²) in [7, 11) is 4.07. The van der Waals surface area contributed by atoms with Crippen molar-refractivity contribution in [2.45, 2.75) is 0 Å². The minimum absolute atomic E-state index is 0.660. The number of hydrogen-bond donors (Lipinski definition) is 2. The monoisotopic (exact) mass is 291 g/mol. The van der Waals surface area contributed by atoms with Crippen LogP contribution in [0, 0.1) is 0 Å². The van der Waals surface area contributed by atoms with E-state index in [0.717, 1.165) is 24.6 Å². The molecule has 0 saturated heterocycles. The van der Waals surface area contributed by atoms with Gasteiger partial charge in [-0.25, -0.2) is 9.97 Å². The number of likely N-dealkylation sites (N-methyl/N-ethyl adjacent to an activating group) is 1. The lowest BCUT2D eigenvalue weighted by molar-refractivity contribution is 0.425. The van der Waals surface area contributed by atoms with E-state index in [2.05, 4.69) is 25.5 Å². The highest BCUT2D eigenvalue weighted by Gasteiger charge is 2.02. The van der Waals surface area contributed by atoms with Crippen molar-refractivity contribution in [1.82, 2.24) is 14.9 Å². The predicted molar refractivity (Wildman–Crippen MR) is 83.8 cm³/mol. The largest absolute Gasteiger partial charge is 0.369 e. The number of aromatic nitrogens is 2. The lowest BCUT2D eigenvalue weighted by atomic mass is 10.3. The third-order valence-corrected chi connectivity index (χ3v) is 3.00. The summed E-state index contributed by atoms with van der Waals surface area (Å²) >= 11 is 6.11. The van der Waals surface area contributed by atoms with Crippen LogP contribution in [0.2, 0.25) is 5.02 Å². The van der Waals surface area contributed by atoms with Crippen molar-refractivity contribution in [2.75, 3.05) is 37.8 Å². The molecule has 0 aliphatic carbocycles. The maximum absolute atomic E-state index is 6.11. The number of hydrogen-bond acceptors (Lipinski definition) is 5. The van der Waals surface area contributed by atoms with Crippen molar-refractivity contribution in [1.29, 1.82) is 0 Å². The van der Waals surface area contributed by atoms with Crippen LogP contribution in [-0.2, 0) is 0 Å². The van der Waals surface area contributed by atoms with Gasteiger partial charge in [0.2, 0.25) is 0 Å². The lowest BCUT2D eigenvalue weighted by Gasteiger charge is -2.12. The van der Waals surface area contributed by atoms with Gasteiger partial charge in [-0.1, -0.05) is 23.7 Å². The van der Waals surface area contributed by atoms with E-state index in [1.807, 2.05) is 44.4 Å². The topological polar surface area (TPSA) is 53.1 Å². The molecular formula is C14H18ClN5. The van der Waals surface area contributed by atoms with Crippen LogP contribution in [0.4, 0.5) is 17.3 Å². The molecule has 0 saturated carbocycles. The molecule has 0 atom stereocenters. The molecule has 20 heavy (non-hydrogen) atoms. The van der Waals surface area contributed by atoms with Crippen LogP contribution >= 0.6 is 11.6 Å². The molecule has 0 radical (unpaired) electrons. The Labute approximate surface area is 124 Å². The molecule has 0 amide bonds. The quantitative estimate of drug-likeness (QED) is 0.857. The first kappa shape index (κ1) is 14.6. The molecule has 2 N–H and O–H groups in total. The number of halogens is 1. The molecule has 0 fully saturated rings. The Balaban J connectivity index is 2.01. The average molecular weight is 292 g/mol. The van der Waals surface area contributed by atoms with Crippen molar-refractivity contribution >= 4 is 28.9 Å². The van der Waals surface area contributed by atoms with E-state index in [1.54, 1.807) is 0 Å². The van der Waals surface area contributed by atoms with Gasteiger partial charge in [0.25, 0.3) is 0 Å². The molecule has 0 spiro atoms. The molecule has 2 rings (SSSR count).